The Morgan fingerprint density at radius 2 is 1.93 bits per heavy atom. The predicted molar refractivity (Wildman–Crippen MR) is 69.4 cm³/mol. The number of carbonyl (C=O) groups excluding carboxylic acids is 1. The molecular weight excluding hydrogens is 303 g/mol. The smallest absolute Gasteiger partial charge is 0.338 e. The van der Waals surface area contributed by atoms with Gasteiger partial charge in [0.1, 0.15) is 5.60 Å². The van der Waals surface area contributed by atoms with Gasteiger partial charge in [0.15, 0.2) is 0 Å². The predicted octanol–water partition coefficient (Wildman–Crippen LogP) is 3.45. The molecule has 1 aromatic rings. The van der Waals surface area contributed by atoms with Crippen molar-refractivity contribution in [1.82, 2.24) is 0 Å². The number of rotatable bonds is 4. The first-order chi connectivity index (χ1) is 7.05. The van der Waals surface area contributed by atoms with E-state index in [1.54, 1.807) is 12.1 Å². The van der Waals surface area contributed by atoms with Crippen LogP contribution in [0.4, 0.5) is 0 Å². The maximum Gasteiger partial charge on any atom is 0.338 e. The molecule has 0 bridgehead atoms. The van der Waals surface area contributed by atoms with E-state index in [0.717, 1.165) is 10.8 Å². The number of benzene rings is 1. The molecule has 1 aromatic carbocycles. The van der Waals surface area contributed by atoms with Crippen LogP contribution in [0.25, 0.3) is 0 Å². The maximum absolute atomic E-state index is 11.7. The van der Waals surface area contributed by atoms with Crippen molar-refractivity contribution in [1.29, 1.82) is 0 Å². The summed E-state index contributed by atoms with van der Waals surface area (Å²) in [5.41, 5.74) is 0.229. The van der Waals surface area contributed by atoms with Crippen LogP contribution in [0, 0.1) is 0 Å². The molecule has 82 valence electrons. The van der Waals surface area contributed by atoms with Gasteiger partial charge in [-0.1, -0.05) is 40.8 Å². The van der Waals surface area contributed by atoms with Crippen molar-refractivity contribution in [3.05, 3.63) is 35.9 Å². The molecule has 0 heterocycles. The number of hydrogen-bond donors (Lipinski definition) is 0. The Labute approximate surface area is 104 Å². The summed E-state index contributed by atoms with van der Waals surface area (Å²) in [7, 11) is 0. The minimum absolute atomic E-state index is 0.245. The second-order valence-corrected chi connectivity index (χ2v) is 5.03. The molecule has 0 aliphatic carbocycles. The highest BCUT2D eigenvalue weighted by Gasteiger charge is 2.22. The van der Waals surface area contributed by atoms with Gasteiger partial charge in [-0.25, -0.2) is 4.79 Å². The zero-order chi connectivity index (χ0) is 11.3. The Bertz CT molecular complexity index is 320. The van der Waals surface area contributed by atoms with Gasteiger partial charge in [0.2, 0.25) is 0 Å². The number of alkyl halides is 1. The molecule has 0 unspecified atom stereocenters. The Morgan fingerprint density at radius 3 is 2.47 bits per heavy atom. The Balaban J connectivity index is 2.64. The fourth-order valence-corrected chi connectivity index (χ4v) is 2.46. The summed E-state index contributed by atoms with van der Waals surface area (Å²) in [6.45, 7) is 3.87. The third kappa shape index (κ3) is 4.20. The molecule has 0 aromatic heterocycles. The summed E-state index contributed by atoms with van der Waals surface area (Å²) in [5, 5.41) is 0. The SMILES string of the molecule is CC(C)(CCI)OC(=O)c1ccccc1. The van der Waals surface area contributed by atoms with Crippen LogP contribution in [0.2, 0.25) is 0 Å². The van der Waals surface area contributed by atoms with E-state index in [1.165, 1.54) is 0 Å². The highest BCUT2D eigenvalue weighted by atomic mass is 127. The summed E-state index contributed by atoms with van der Waals surface area (Å²) in [4.78, 5) is 11.7. The van der Waals surface area contributed by atoms with Gasteiger partial charge in [-0.15, -0.1) is 0 Å². The lowest BCUT2D eigenvalue weighted by Gasteiger charge is -2.24. The van der Waals surface area contributed by atoms with E-state index in [1.807, 2.05) is 32.0 Å². The Morgan fingerprint density at radius 1 is 1.33 bits per heavy atom. The van der Waals surface area contributed by atoms with E-state index < -0.39 is 0 Å². The van der Waals surface area contributed by atoms with E-state index in [-0.39, 0.29) is 11.6 Å². The number of ether oxygens (including phenoxy) is 1. The minimum atomic E-state index is -0.381. The fourth-order valence-electron chi connectivity index (χ4n) is 1.16. The first-order valence-corrected chi connectivity index (χ1v) is 6.42. The normalized spacial score (nSPS) is 11.1. The van der Waals surface area contributed by atoms with Crippen LogP contribution >= 0.6 is 22.6 Å². The molecule has 15 heavy (non-hydrogen) atoms. The minimum Gasteiger partial charge on any atom is -0.456 e. The van der Waals surface area contributed by atoms with Crippen LogP contribution in [0.1, 0.15) is 30.6 Å². The van der Waals surface area contributed by atoms with Crippen molar-refractivity contribution in [3.63, 3.8) is 0 Å². The molecule has 1 rings (SSSR count). The zero-order valence-electron chi connectivity index (χ0n) is 9.00. The Kier molecular flexibility index (Phi) is 4.57. The number of hydrogen-bond acceptors (Lipinski definition) is 2. The molecule has 3 heteroatoms. The van der Waals surface area contributed by atoms with E-state index in [2.05, 4.69) is 22.6 Å². The number of halogens is 1. The van der Waals surface area contributed by atoms with Crippen molar-refractivity contribution in [2.75, 3.05) is 4.43 Å². The van der Waals surface area contributed by atoms with Gasteiger partial charge in [0.25, 0.3) is 0 Å². The van der Waals surface area contributed by atoms with Crippen LogP contribution in [0.5, 0.6) is 0 Å². The molecule has 0 aliphatic heterocycles. The maximum atomic E-state index is 11.7. The molecule has 0 saturated heterocycles. The molecule has 0 fully saturated rings. The molecule has 0 N–H and O–H groups in total. The number of carbonyl (C=O) groups is 1. The van der Waals surface area contributed by atoms with Crippen LogP contribution in [0.15, 0.2) is 30.3 Å². The summed E-state index contributed by atoms with van der Waals surface area (Å²) >= 11 is 2.28. The first-order valence-electron chi connectivity index (χ1n) is 4.89. The van der Waals surface area contributed by atoms with Crippen molar-refractivity contribution in [2.24, 2.45) is 0 Å². The van der Waals surface area contributed by atoms with Gasteiger partial charge in [0, 0.05) is 4.43 Å². The molecule has 0 spiro atoms. The molecule has 0 radical (unpaired) electrons. The van der Waals surface area contributed by atoms with E-state index in [9.17, 15) is 4.79 Å². The van der Waals surface area contributed by atoms with Gasteiger partial charge in [-0.2, -0.15) is 0 Å². The second-order valence-electron chi connectivity index (χ2n) is 3.95. The third-order valence-electron chi connectivity index (χ3n) is 2.08. The van der Waals surface area contributed by atoms with Gasteiger partial charge >= 0.3 is 5.97 Å². The van der Waals surface area contributed by atoms with Gasteiger partial charge in [0.05, 0.1) is 5.56 Å². The molecule has 0 saturated carbocycles. The van der Waals surface area contributed by atoms with Crippen LogP contribution < -0.4 is 0 Å². The van der Waals surface area contributed by atoms with Crippen LogP contribution in [-0.2, 0) is 4.74 Å². The summed E-state index contributed by atoms with van der Waals surface area (Å²) in [6.07, 6.45) is 0.867. The molecule has 0 amide bonds. The van der Waals surface area contributed by atoms with Gasteiger partial charge in [-0.05, 0) is 32.4 Å². The van der Waals surface area contributed by atoms with Crippen molar-refractivity contribution in [2.45, 2.75) is 25.9 Å². The monoisotopic (exact) mass is 318 g/mol. The van der Waals surface area contributed by atoms with Crippen LogP contribution in [-0.4, -0.2) is 16.0 Å². The largest absolute Gasteiger partial charge is 0.456 e. The lowest BCUT2D eigenvalue weighted by molar-refractivity contribution is -0.00164. The standard InChI is InChI=1S/C12H15IO2/c1-12(2,8-9-13)15-11(14)10-6-4-3-5-7-10/h3-7H,8-9H2,1-2H3. The van der Waals surface area contributed by atoms with Crippen molar-refractivity contribution in [3.8, 4) is 0 Å². The summed E-state index contributed by atoms with van der Waals surface area (Å²) in [5.74, 6) is -0.245. The molecule has 2 nitrogen and oxygen atoms in total. The first kappa shape index (κ1) is 12.5. The molecule has 0 aliphatic rings. The topological polar surface area (TPSA) is 26.3 Å². The molecule has 0 atom stereocenters. The summed E-state index contributed by atoms with van der Waals surface area (Å²) in [6, 6.07) is 9.08. The third-order valence-corrected chi connectivity index (χ3v) is 2.61. The average molecular weight is 318 g/mol. The highest BCUT2D eigenvalue weighted by Crippen LogP contribution is 2.18. The van der Waals surface area contributed by atoms with E-state index in [4.69, 9.17) is 4.74 Å². The lowest BCUT2D eigenvalue weighted by Crippen LogP contribution is -2.28. The van der Waals surface area contributed by atoms with E-state index >= 15 is 0 Å². The van der Waals surface area contributed by atoms with Crippen molar-refractivity contribution < 1.29 is 9.53 Å². The lowest BCUT2D eigenvalue weighted by atomic mass is 10.1. The fraction of sp³-hybridized carbons (Fsp3) is 0.417. The van der Waals surface area contributed by atoms with Gasteiger partial charge < -0.3 is 4.74 Å². The van der Waals surface area contributed by atoms with Crippen LogP contribution in [0.3, 0.4) is 0 Å². The average Bonchev–Trinajstić information content (AvgIpc) is 2.18. The highest BCUT2D eigenvalue weighted by molar-refractivity contribution is 14.1. The zero-order valence-corrected chi connectivity index (χ0v) is 11.2. The quantitative estimate of drug-likeness (QED) is 0.483. The Hall–Kier alpha value is -0.580. The molecular formula is C12H15IO2. The summed E-state index contributed by atoms with van der Waals surface area (Å²) < 4.78 is 6.40. The number of esters is 1. The van der Waals surface area contributed by atoms with E-state index in [0.29, 0.717) is 5.56 Å². The van der Waals surface area contributed by atoms with Crippen molar-refractivity contribution >= 4 is 28.6 Å². The second kappa shape index (κ2) is 5.49. The van der Waals surface area contributed by atoms with Gasteiger partial charge in [-0.3, -0.25) is 0 Å².